The molecule has 1 aromatic rings. The smallest absolute Gasteiger partial charge is 0.150 e. The molecule has 0 aromatic heterocycles. The molecule has 0 aliphatic carbocycles. The Morgan fingerprint density at radius 2 is 2.06 bits per heavy atom. The molecule has 96 valence electrons. The molecule has 0 amide bonds. The minimum Gasteiger partial charge on any atom is -0.492 e. The first-order valence-electron chi connectivity index (χ1n) is 5.47. The number of benzene rings is 1. The van der Waals surface area contributed by atoms with Crippen molar-refractivity contribution in [3.63, 3.8) is 0 Å². The molecule has 0 aliphatic rings. The van der Waals surface area contributed by atoms with Crippen molar-refractivity contribution in [1.29, 1.82) is 0 Å². The second-order valence-electron chi connectivity index (χ2n) is 4.12. The second kappa shape index (κ2) is 6.02. The summed E-state index contributed by atoms with van der Waals surface area (Å²) in [5.74, 6) is 0.786. The van der Waals surface area contributed by atoms with Crippen molar-refractivity contribution in [2.75, 3.05) is 25.7 Å². The van der Waals surface area contributed by atoms with Crippen LogP contribution in [0.4, 0.5) is 0 Å². The Morgan fingerprint density at radius 1 is 1.35 bits per heavy atom. The number of ether oxygens (including phenoxy) is 1. The number of aryl methyl sites for hydroxylation is 1. The van der Waals surface area contributed by atoms with Crippen LogP contribution in [-0.4, -0.2) is 34.1 Å². The second-order valence-corrected chi connectivity index (χ2v) is 6.38. The van der Waals surface area contributed by atoms with E-state index in [2.05, 4.69) is 5.32 Å². The lowest BCUT2D eigenvalue weighted by molar-refractivity contribution is 0.336. The van der Waals surface area contributed by atoms with E-state index in [0.29, 0.717) is 6.54 Å². The predicted octanol–water partition coefficient (Wildman–Crippen LogP) is 1.14. The van der Waals surface area contributed by atoms with Gasteiger partial charge in [0.2, 0.25) is 0 Å². The van der Waals surface area contributed by atoms with Crippen LogP contribution in [0.15, 0.2) is 18.2 Å². The summed E-state index contributed by atoms with van der Waals surface area (Å²) in [5.41, 5.74) is 2.20. The van der Waals surface area contributed by atoms with Gasteiger partial charge in [0.15, 0.2) is 9.84 Å². The largest absolute Gasteiger partial charge is 0.492 e. The summed E-state index contributed by atoms with van der Waals surface area (Å²) >= 11 is 0. The molecule has 1 rings (SSSR count). The average molecular weight is 257 g/mol. The zero-order valence-corrected chi connectivity index (χ0v) is 11.3. The first kappa shape index (κ1) is 14.0. The molecule has 0 heterocycles. The van der Waals surface area contributed by atoms with Gasteiger partial charge in [0.05, 0.1) is 5.75 Å². The van der Waals surface area contributed by atoms with Crippen LogP contribution in [0, 0.1) is 6.92 Å². The molecular weight excluding hydrogens is 238 g/mol. The van der Waals surface area contributed by atoms with Crippen molar-refractivity contribution in [2.45, 2.75) is 13.5 Å². The summed E-state index contributed by atoms with van der Waals surface area (Å²) in [6.07, 6.45) is 1.21. The van der Waals surface area contributed by atoms with Crippen molar-refractivity contribution in [3.8, 4) is 5.75 Å². The van der Waals surface area contributed by atoms with Gasteiger partial charge >= 0.3 is 0 Å². The third-order valence-corrected chi connectivity index (χ3v) is 3.20. The topological polar surface area (TPSA) is 55.4 Å². The molecule has 0 radical (unpaired) electrons. The summed E-state index contributed by atoms with van der Waals surface area (Å²) in [5, 5.41) is 3.06. The Hall–Kier alpha value is -1.07. The maximum absolute atomic E-state index is 11.0. The molecule has 4 nitrogen and oxygen atoms in total. The van der Waals surface area contributed by atoms with Crippen LogP contribution in [0.25, 0.3) is 0 Å². The molecule has 17 heavy (non-hydrogen) atoms. The molecular formula is C12H19NO3S. The molecule has 1 aromatic carbocycles. The van der Waals surface area contributed by atoms with Crippen molar-refractivity contribution < 1.29 is 13.2 Å². The van der Waals surface area contributed by atoms with E-state index in [1.54, 1.807) is 0 Å². The van der Waals surface area contributed by atoms with Crippen molar-refractivity contribution >= 4 is 9.84 Å². The Kier molecular flexibility index (Phi) is 4.96. The van der Waals surface area contributed by atoms with Crippen LogP contribution in [0.5, 0.6) is 5.75 Å². The molecule has 0 aliphatic heterocycles. The van der Waals surface area contributed by atoms with Crippen molar-refractivity contribution in [2.24, 2.45) is 0 Å². The first-order chi connectivity index (χ1) is 7.92. The summed E-state index contributed by atoms with van der Waals surface area (Å²) in [7, 11) is -1.10. The Balaban J connectivity index is 2.69. The van der Waals surface area contributed by atoms with Crippen molar-refractivity contribution in [1.82, 2.24) is 5.32 Å². The van der Waals surface area contributed by atoms with E-state index in [1.807, 2.05) is 32.2 Å². The highest BCUT2D eigenvalue weighted by molar-refractivity contribution is 7.90. The molecule has 0 atom stereocenters. The minimum atomic E-state index is -2.97. The monoisotopic (exact) mass is 257 g/mol. The predicted molar refractivity (Wildman–Crippen MR) is 69.1 cm³/mol. The number of sulfone groups is 1. The Labute approximate surface area is 103 Å². The van der Waals surface area contributed by atoms with E-state index in [9.17, 15) is 8.42 Å². The fourth-order valence-corrected chi connectivity index (χ4v) is 1.87. The maximum atomic E-state index is 11.0. The van der Waals surface area contributed by atoms with Gasteiger partial charge in [0.25, 0.3) is 0 Å². The average Bonchev–Trinajstić information content (AvgIpc) is 2.20. The molecule has 0 saturated heterocycles. The zero-order valence-electron chi connectivity index (χ0n) is 10.5. The van der Waals surface area contributed by atoms with Gasteiger partial charge in [-0.1, -0.05) is 17.7 Å². The van der Waals surface area contributed by atoms with Crippen LogP contribution in [0.3, 0.4) is 0 Å². The molecule has 1 N–H and O–H groups in total. The molecule has 0 bridgehead atoms. The van der Waals surface area contributed by atoms with Crippen LogP contribution in [0.1, 0.15) is 11.1 Å². The Bertz CT molecular complexity index is 469. The van der Waals surface area contributed by atoms with Gasteiger partial charge in [-0.2, -0.15) is 0 Å². The van der Waals surface area contributed by atoms with Crippen LogP contribution in [0.2, 0.25) is 0 Å². The van der Waals surface area contributed by atoms with E-state index in [1.165, 1.54) is 6.26 Å². The fraction of sp³-hybridized carbons (Fsp3) is 0.500. The summed E-state index contributed by atoms with van der Waals surface area (Å²) in [6.45, 7) is 2.91. The minimum absolute atomic E-state index is 0.0415. The van der Waals surface area contributed by atoms with E-state index >= 15 is 0 Å². The molecule has 0 saturated carbocycles. The van der Waals surface area contributed by atoms with Crippen LogP contribution < -0.4 is 10.1 Å². The van der Waals surface area contributed by atoms with E-state index in [0.717, 1.165) is 16.9 Å². The molecule has 0 spiro atoms. The van der Waals surface area contributed by atoms with E-state index in [4.69, 9.17) is 4.74 Å². The number of hydrogen-bond acceptors (Lipinski definition) is 4. The Morgan fingerprint density at radius 3 is 2.65 bits per heavy atom. The molecule has 0 unspecified atom stereocenters. The van der Waals surface area contributed by atoms with Gasteiger partial charge in [-0.3, -0.25) is 0 Å². The summed E-state index contributed by atoms with van der Waals surface area (Å²) in [6, 6.07) is 5.87. The van der Waals surface area contributed by atoms with Crippen LogP contribution in [-0.2, 0) is 16.4 Å². The van der Waals surface area contributed by atoms with Gasteiger partial charge in [-0.15, -0.1) is 0 Å². The lowest BCUT2D eigenvalue weighted by Gasteiger charge is -2.11. The number of hydrogen-bond donors (Lipinski definition) is 1. The highest BCUT2D eigenvalue weighted by Crippen LogP contribution is 2.19. The summed E-state index contributed by atoms with van der Waals surface area (Å²) in [4.78, 5) is 0. The quantitative estimate of drug-likeness (QED) is 0.830. The van der Waals surface area contributed by atoms with E-state index in [-0.39, 0.29) is 12.4 Å². The summed E-state index contributed by atoms with van der Waals surface area (Å²) < 4.78 is 27.5. The SMILES string of the molecule is CNCc1cc(C)ccc1OCCS(C)(=O)=O. The molecule has 0 fully saturated rings. The van der Waals surface area contributed by atoms with Gasteiger partial charge in [0, 0.05) is 18.4 Å². The highest BCUT2D eigenvalue weighted by atomic mass is 32.2. The lowest BCUT2D eigenvalue weighted by Crippen LogP contribution is -2.14. The standard InChI is InChI=1S/C12H19NO3S/c1-10-4-5-12(11(8-10)9-13-2)16-6-7-17(3,14)15/h4-5,8,13H,6-7,9H2,1-3H3. The maximum Gasteiger partial charge on any atom is 0.150 e. The molecule has 5 heteroatoms. The zero-order chi connectivity index (χ0) is 12.9. The lowest BCUT2D eigenvalue weighted by atomic mass is 10.1. The van der Waals surface area contributed by atoms with Gasteiger partial charge in [-0.25, -0.2) is 8.42 Å². The highest BCUT2D eigenvalue weighted by Gasteiger charge is 2.06. The van der Waals surface area contributed by atoms with Crippen LogP contribution >= 0.6 is 0 Å². The van der Waals surface area contributed by atoms with Crippen molar-refractivity contribution in [3.05, 3.63) is 29.3 Å². The normalized spacial score (nSPS) is 11.5. The third kappa shape index (κ3) is 5.19. The van der Waals surface area contributed by atoms with Gasteiger partial charge in [-0.05, 0) is 20.0 Å². The third-order valence-electron chi connectivity index (χ3n) is 2.29. The fourth-order valence-electron chi connectivity index (χ4n) is 1.48. The number of rotatable bonds is 6. The first-order valence-corrected chi connectivity index (χ1v) is 7.53. The van der Waals surface area contributed by atoms with Gasteiger partial charge < -0.3 is 10.1 Å². The van der Waals surface area contributed by atoms with Gasteiger partial charge in [0.1, 0.15) is 12.4 Å². The number of nitrogens with one attached hydrogen (secondary N) is 1. The van der Waals surface area contributed by atoms with E-state index < -0.39 is 9.84 Å².